The van der Waals surface area contributed by atoms with Crippen molar-refractivity contribution >= 4 is 0 Å². The van der Waals surface area contributed by atoms with Crippen molar-refractivity contribution in [3.63, 3.8) is 0 Å². The highest BCUT2D eigenvalue weighted by atomic mass is 14.1. The average Bonchev–Trinajstić information content (AvgIpc) is 1.88. The molecule has 0 saturated heterocycles. The van der Waals surface area contributed by atoms with Gasteiger partial charge in [-0.2, -0.15) is 0 Å². The van der Waals surface area contributed by atoms with Gasteiger partial charge < -0.3 is 0 Å². The van der Waals surface area contributed by atoms with Gasteiger partial charge in [0.25, 0.3) is 0 Å². The summed E-state index contributed by atoms with van der Waals surface area (Å²) in [7, 11) is 0. The van der Waals surface area contributed by atoms with Crippen molar-refractivity contribution in [2.45, 2.75) is 32.6 Å². The molecule has 0 heterocycles. The highest BCUT2D eigenvalue weighted by Crippen LogP contribution is 2.14. The minimum Gasteiger partial charge on any atom is -0.103 e. The van der Waals surface area contributed by atoms with E-state index in [4.69, 9.17) is 0 Å². The number of hydrogen-bond donors (Lipinski definition) is 0. The van der Waals surface area contributed by atoms with E-state index in [2.05, 4.69) is 20.4 Å². The van der Waals surface area contributed by atoms with E-state index in [9.17, 15) is 0 Å². The zero-order valence-electron chi connectivity index (χ0n) is 6.40. The second kappa shape index (κ2) is 5.87. The fourth-order valence-electron chi connectivity index (χ4n) is 1.02. The Morgan fingerprint density at radius 1 is 1.56 bits per heavy atom. The first kappa shape index (κ1) is 8.74. The van der Waals surface area contributed by atoms with Crippen LogP contribution in [-0.2, 0) is 0 Å². The van der Waals surface area contributed by atoms with Gasteiger partial charge in [-0.25, -0.2) is 0 Å². The summed E-state index contributed by atoms with van der Waals surface area (Å²) in [5, 5.41) is 0. The topological polar surface area (TPSA) is 0 Å². The zero-order chi connectivity index (χ0) is 7.11. The highest BCUT2D eigenvalue weighted by molar-refractivity contribution is 4.73. The number of allylic oxidation sites excluding steroid dienone is 1. The predicted octanol–water partition coefficient (Wildman–Crippen LogP) is 3.20. The molecule has 0 bridgehead atoms. The smallest absolute Gasteiger partial charge is 0.0325 e. The minimum absolute atomic E-state index is 0.785. The van der Waals surface area contributed by atoms with Crippen molar-refractivity contribution in [3.8, 4) is 0 Å². The summed E-state index contributed by atoms with van der Waals surface area (Å²) in [6.07, 6.45) is 6.76. The lowest BCUT2D eigenvalue weighted by molar-refractivity contribution is 0.490. The standard InChI is InChI=1S/C9H17/c1-4-7-9(6-3)8-5-2/h4,9H,1,3,5-8H2,2H3. The van der Waals surface area contributed by atoms with Gasteiger partial charge in [-0.15, -0.1) is 6.58 Å². The van der Waals surface area contributed by atoms with Crippen LogP contribution in [0, 0.1) is 12.8 Å². The van der Waals surface area contributed by atoms with Gasteiger partial charge in [0, 0.05) is 0 Å². The molecule has 0 aromatic rings. The van der Waals surface area contributed by atoms with Crippen LogP contribution in [-0.4, -0.2) is 0 Å². The third-order valence-corrected chi connectivity index (χ3v) is 1.61. The van der Waals surface area contributed by atoms with Crippen LogP contribution in [0.1, 0.15) is 32.6 Å². The summed E-state index contributed by atoms with van der Waals surface area (Å²) in [5.41, 5.74) is 0. The maximum Gasteiger partial charge on any atom is -0.0325 e. The Kier molecular flexibility index (Phi) is 5.70. The summed E-state index contributed by atoms with van der Waals surface area (Å²) in [6, 6.07) is 0. The molecule has 0 aliphatic heterocycles. The fourth-order valence-corrected chi connectivity index (χ4v) is 1.02. The van der Waals surface area contributed by atoms with Crippen molar-refractivity contribution in [1.82, 2.24) is 0 Å². The lowest BCUT2D eigenvalue weighted by Crippen LogP contribution is -1.95. The van der Waals surface area contributed by atoms with Gasteiger partial charge in [0.2, 0.25) is 0 Å². The molecule has 0 aromatic carbocycles. The first-order chi connectivity index (χ1) is 4.35. The first-order valence-electron chi connectivity index (χ1n) is 3.75. The van der Waals surface area contributed by atoms with E-state index in [0.717, 1.165) is 18.8 Å². The molecule has 0 fully saturated rings. The Morgan fingerprint density at radius 2 is 2.22 bits per heavy atom. The molecule has 0 aliphatic carbocycles. The average molecular weight is 125 g/mol. The van der Waals surface area contributed by atoms with Crippen LogP contribution in [0.5, 0.6) is 0 Å². The molecule has 53 valence electrons. The van der Waals surface area contributed by atoms with E-state index in [1.807, 2.05) is 6.08 Å². The Hall–Kier alpha value is -0.260. The second-order valence-electron chi connectivity index (χ2n) is 2.47. The lowest BCUT2D eigenvalue weighted by atomic mass is 9.97. The monoisotopic (exact) mass is 125 g/mol. The normalized spacial score (nSPS) is 13.1. The van der Waals surface area contributed by atoms with Gasteiger partial charge in [-0.1, -0.05) is 39.2 Å². The van der Waals surface area contributed by atoms with Gasteiger partial charge in [0.15, 0.2) is 0 Å². The van der Waals surface area contributed by atoms with E-state index in [1.165, 1.54) is 12.8 Å². The molecule has 0 saturated carbocycles. The van der Waals surface area contributed by atoms with E-state index in [-0.39, 0.29) is 0 Å². The Balaban J connectivity index is 3.28. The molecular formula is C9H17. The molecule has 1 atom stereocenters. The SMILES string of the molecule is [CH2]CC(CC=C)CCC. The van der Waals surface area contributed by atoms with Gasteiger partial charge in [0.05, 0.1) is 0 Å². The molecule has 0 N–H and O–H groups in total. The summed E-state index contributed by atoms with van der Waals surface area (Å²) < 4.78 is 0. The number of hydrogen-bond acceptors (Lipinski definition) is 0. The van der Waals surface area contributed by atoms with Crippen LogP contribution in [0.3, 0.4) is 0 Å². The number of rotatable bonds is 5. The molecule has 0 amide bonds. The second-order valence-corrected chi connectivity index (χ2v) is 2.47. The molecule has 1 unspecified atom stereocenters. The molecule has 1 radical (unpaired) electrons. The van der Waals surface area contributed by atoms with Crippen LogP contribution in [0.4, 0.5) is 0 Å². The first-order valence-corrected chi connectivity index (χ1v) is 3.75. The van der Waals surface area contributed by atoms with Crippen molar-refractivity contribution < 1.29 is 0 Å². The van der Waals surface area contributed by atoms with E-state index in [1.54, 1.807) is 0 Å². The highest BCUT2D eigenvalue weighted by Gasteiger charge is 2.00. The van der Waals surface area contributed by atoms with Crippen molar-refractivity contribution in [1.29, 1.82) is 0 Å². The fraction of sp³-hybridized carbons (Fsp3) is 0.667. The minimum atomic E-state index is 0.785. The van der Waals surface area contributed by atoms with Crippen LogP contribution in [0.25, 0.3) is 0 Å². The van der Waals surface area contributed by atoms with E-state index < -0.39 is 0 Å². The van der Waals surface area contributed by atoms with Gasteiger partial charge in [-0.05, 0) is 12.3 Å². The molecule has 0 aromatic heterocycles. The molecule has 0 rings (SSSR count). The molecule has 9 heavy (non-hydrogen) atoms. The van der Waals surface area contributed by atoms with E-state index in [0.29, 0.717) is 0 Å². The maximum atomic E-state index is 3.88. The molecular weight excluding hydrogens is 108 g/mol. The zero-order valence-corrected chi connectivity index (χ0v) is 6.40. The summed E-state index contributed by atoms with van der Waals surface area (Å²) in [6.45, 7) is 9.79. The predicted molar refractivity (Wildman–Crippen MR) is 43.2 cm³/mol. The van der Waals surface area contributed by atoms with Crippen LogP contribution < -0.4 is 0 Å². The van der Waals surface area contributed by atoms with Crippen LogP contribution in [0.15, 0.2) is 12.7 Å². The molecule has 0 aliphatic rings. The van der Waals surface area contributed by atoms with Crippen molar-refractivity contribution in [2.24, 2.45) is 5.92 Å². The van der Waals surface area contributed by atoms with Gasteiger partial charge >= 0.3 is 0 Å². The Bertz CT molecular complexity index is 64.4. The third kappa shape index (κ3) is 4.26. The van der Waals surface area contributed by atoms with Crippen LogP contribution in [0.2, 0.25) is 0 Å². The lowest BCUT2D eigenvalue weighted by Gasteiger charge is -2.08. The molecule has 0 nitrogen and oxygen atoms in total. The summed E-state index contributed by atoms with van der Waals surface area (Å²) in [4.78, 5) is 0. The van der Waals surface area contributed by atoms with Crippen molar-refractivity contribution in [3.05, 3.63) is 19.6 Å². The third-order valence-electron chi connectivity index (χ3n) is 1.61. The van der Waals surface area contributed by atoms with Crippen molar-refractivity contribution in [2.75, 3.05) is 0 Å². The van der Waals surface area contributed by atoms with Crippen LogP contribution >= 0.6 is 0 Å². The van der Waals surface area contributed by atoms with Gasteiger partial charge in [-0.3, -0.25) is 0 Å². The quantitative estimate of drug-likeness (QED) is 0.495. The Morgan fingerprint density at radius 3 is 2.56 bits per heavy atom. The largest absolute Gasteiger partial charge is 0.103 e. The maximum absolute atomic E-state index is 3.88. The molecule has 0 spiro atoms. The Labute approximate surface area is 59.0 Å². The summed E-state index contributed by atoms with van der Waals surface area (Å²) >= 11 is 0. The molecule has 0 heteroatoms. The summed E-state index contributed by atoms with van der Waals surface area (Å²) in [5.74, 6) is 0.785. The van der Waals surface area contributed by atoms with E-state index >= 15 is 0 Å². The van der Waals surface area contributed by atoms with Gasteiger partial charge in [0.1, 0.15) is 0 Å².